The van der Waals surface area contributed by atoms with E-state index in [9.17, 15) is 9.59 Å². The molecule has 1 aliphatic heterocycles. The Labute approximate surface area is 162 Å². The van der Waals surface area contributed by atoms with Gasteiger partial charge in [-0.3, -0.25) is 9.78 Å². The largest absolute Gasteiger partial charge is 0.346 e. The summed E-state index contributed by atoms with van der Waals surface area (Å²) >= 11 is 0. The number of rotatable bonds is 4. The van der Waals surface area contributed by atoms with Gasteiger partial charge in [-0.15, -0.1) is 0 Å². The van der Waals surface area contributed by atoms with Crippen LogP contribution >= 0.6 is 0 Å². The van der Waals surface area contributed by atoms with E-state index >= 15 is 0 Å². The number of nitrogens with one attached hydrogen (secondary N) is 2. The first-order chi connectivity index (χ1) is 13.4. The Bertz CT molecular complexity index is 991. The maximum Gasteiger partial charge on any atom is 0.323 e. The van der Waals surface area contributed by atoms with E-state index in [-0.39, 0.29) is 30.2 Å². The topological polar surface area (TPSA) is 111 Å². The SMILES string of the molecule is Cc1cccc2c1C1(CC1)N(CC(=O)N[C@@H](C)c1cnc(C#N)cn1)C(=O)N2. The number of hydrogen-bond acceptors (Lipinski definition) is 5. The van der Waals surface area contributed by atoms with Gasteiger partial charge in [0, 0.05) is 11.3 Å². The van der Waals surface area contributed by atoms with Crippen molar-refractivity contribution in [3.05, 3.63) is 53.1 Å². The maximum absolute atomic E-state index is 12.7. The van der Waals surface area contributed by atoms with E-state index in [1.165, 1.54) is 12.4 Å². The molecule has 2 aromatic rings. The van der Waals surface area contributed by atoms with Crippen molar-refractivity contribution in [2.24, 2.45) is 0 Å². The van der Waals surface area contributed by atoms with E-state index in [2.05, 4.69) is 20.6 Å². The van der Waals surface area contributed by atoms with Gasteiger partial charge in [0.1, 0.15) is 12.6 Å². The molecule has 8 nitrogen and oxygen atoms in total. The van der Waals surface area contributed by atoms with E-state index in [4.69, 9.17) is 5.26 Å². The zero-order chi connectivity index (χ0) is 19.9. The molecule has 1 atom stereocenters. The summed E-state index contributed by atoms with van der Waals surface area (Å²) in [4.78, 5) is 35.1. The van der Waals surface area contributed by atoms with Crippen molar-refractivity contribution in [3.8, 4) is 6.07 Å². The van der Waals surface area contributed by atoms with Gasteiger partial charge in [0.05, 0.1) is 29.7 Å². The van der Waals surface area contributed by atoms with Crippen LogP contribution in [0.4, 0.5) is 10.5 Å². The molecule has 0 bridgehead atoms. The lowest BCUT2D eigenvalue weighted by atomic mass is 9.93. The van der Waals surface area contributed by atoms with Crippen LogP contribution in [0.5, 0.6) is 0 Å². The molecular weight excluding hydrogens is 356 g/mol. The first-order valence-corrected chi connectivity index (χ1v) is 9.15. The lowest BCUT2D eigenvalue weighted by molar-refractivity contribution is -0.123. The van der Waals surface area contributed by atoms with Crippen molar-refractivity contribution >= 4 is 17.6 Å². The molecule has 2 aliphatic rings. The Morgan fingerprint density at radius 3 is 2.82 bits per heavy atom. The Hall–Kier alpha value is -3.47. The molecule has 2 heterocycles. The minimum atomic E-state index is -0.391. The van der Waals surface area contributed by atoms with Crippen molar-refractivity contribution in [3.63, 3.8) is 0 Å². The van der Waals surface area contributed by atoms with E-state index in [0.29, 0.717) is 5.69 Å². The minimum absolute atomic E-state index is 0.0341. The zero-order valence-electron chi connectivity index (χ0n) is 15.7. The number of amides is 3. The van der Waals surface area contributed by atoms with Crippen molar-refractivity contribution in [2.75, 3.05) is 11.9 Å². The zero-order valence-corrected chi connectivity index (χ0v) is 15.7. The monoisotopic (exact) mass is 376 g/mol. The second-order valence-corrected chi connectivity index (χ2v) is 7.27. The van der Waals surface area contributed by atoms with Crippen LogP contribution in [0.3, 0.4) is 0 Å². The molecule has 1 saturated carbocycles. The number of anilines is 1. The van der Waals surface area contributed by atoms with Gasteiger partial charge in [-0.1, -0.05) is 12.1 Å². The molecule has 8 heteroatoms. The summed E-state index contributed by atoms with van der Waals surface area (Å²) in [7, 11) is 0. The average Bonchev–Trinajstić information content (AvgIpc) is 3.46. The van der Waals surface area contributed by atoms with Crippen LogP contribution in [-0.4, -0.2) is 33.4 Å². The van der Waals surface area contributed by atoms with Crippen LogP contribution in [-0.2, 0) is 10.3 Å². The fraction of sp³-hybridized carbons (Fsp3) is 0.350. The summed E-state index contributed by atoms with van der Waals surface area (Å²) < 4.78 is 0. The van der Waals surface area contributed by atoms with Crippen LogP contribution in [0.15, 0.2) is 30.6 Å². The Morgan fingerprint density at radius 1 is 1.39 bits per heavy atom. The molecule has 1 spiro atoms. The first kappa shape index (κ1) is 17.9. The van der Waals surface area contributed by atoms with Gasteiger partial charge in [0.2, 0.25) is 5.91 Å². The van der Waals surface area contributed by atoms with Gasteiger partial charge in [-0.2, -0.15) is 5.26 Å². The third-order valence-electron chi connectivity index (χ3n) is 5.37. The summed E-state index contributed by atoms with van der Waals surface area (Å²) in [5.41, 5.74) is 3.43. The number of hydrogen-bond donors (Lipinski definition) is 2. The van der Waals surface area contributed by atoms with Crippen molar-refractivity contribution in [1.29, 1.82) is 5.26 Å². The van der Waals surface area contributed by atoms with Crippen molar-refractivity contribution in [1.82, 2.24) is 20.2 Å². The van der Waals surface area contributed by atoms with Crippen LogP contribution in [0.2, 0.25) is 0 Å². The lowest BCUT2D eigenvalue weighted by Crippen LogP contribution is -2.51. The van der Waals surface area contributed by atoms with E-state index in [1.807, 2.05) is 31.2 Å². The number of aromatic nitrogens is 2. The lowest BCUT2D eigenvalue weighted by Gasteiger charge is -2.38. The van der Waals surface area contributed by atoms with Gasteiger partial charge >= 0.3 is 6.03 Å². The molecule has 0 radical (unpaired) electrons. The molecule has 0 saturated heterocycles. The molecule has 1 fully saturated rings. The molecule has 142 valence electrons. The summed E-state index contributed by atoms with van der Waals surface area (Å²) in [6.45, 7) is 3.78. The predicted molar refractivity (Wildman–Crippen MR) is 101 cm³/mol. The number of urea groups is 1. The van der Waals surface area contributed by atoms with Gasteiger partial charge in [-0.05, 0) is 38.3 Å². The van der Waals surface area contributed by atoms with Crippen molar-refractivity contribution < 1.29 is 9.59 Å². The molecule has 3 amide bonds. The molecule has 1 aromatic heterocycles. The Morgan fingerprint density at radius 2 is 2.18 bits per heavy atom. The Kier molecular flexibility index (Phi) is 4.23. The molecule has 1 aromatic carbocycles. The number of carbonyl (C=O) groups is 2. The summed E-state index contributed by atoms with van der Waals surface area (Å²) in [6, 6.07) is 7.13. The highest BCUT2D eigenvalue weighted by molar-refractivity contribution is 5.97. The number of benzene rings is 1. The maximum atomic E-state index is 12.7. The smallest absolute Gasteiger partial charge is 0.323 e. The molecule has 1 aliphatic carbocycles. The third-order valence-corrected chi connectivity index (χ3v) is 5.37. The summed E-state index contributed by atoms with van der Waals surface area (Å²) in [5, 5.41) is 14.6. The average molecular weight is 376 g/mol. The van der Waals surface area contributed by atoms with Crippen LogP contribution in [0, 0.1) is 18.3 Å². The first-order valence-electron chi connectivity index (χ1n) is 9.15. The summed E-state index contributed by atoms with van der Waals surface area (Å²) in [6.07, 6.45) is 4.54. The third kappa shape index (κ3) is 2.95. The number of nitrogens with zero attached hydrogens (tertiary/aromatic N) is 4. The number of carbonyl (C=O) groups excluding carboxylic acids is 2. The fourth-order valence-corrected chi connectivity index (χ4v) is 3.89. The van der Waals surface area contributed by atoms with Gasteiger partial charge in [-0.25, -0.2) is 9.78 Å². The minimum Gasteiger partial charge on any atom is -0.346 e. The number of fused-ring (bicyclic) bond motifs is 2. The predicted octanol–water partition coefficient (Wildman–Crippen LogP) is 2.37. The summed E-state index contributed by atoms with van der Waals surface area (Å²) in [5.74, 6) is -0.267. The fourth-order valence-electron chi connectivity index (χ4n) is 3.89. The van der Waals surface area contributed by atoms with Crippen LogP contribution < -0.4 is 10.6 Å². The molecule has 2 N–H and O–H groups in total. The van der Waals surface area contributed by atoms with Crippen LogP contribution in [0.25, 0.3) is 0 Å². The normalized spacial score (nSPS) is 17.3. The van der Waals surface area contributed by atoms with Gasteiger partial charge in [0.15, 0.2) is 5.69 Å². The van der Waals surface area contributed by atoms with E-state index in [1.54, 1.807) is 11.8 Å². The van der Waals surface area contributed by atoms with Gasteiger partial charge in [0.25, 0.3) is 0 Å². The standard InChI is InChI=1S/C20H20N6O2/c1-12-4-3-5-15-18(12)20(6-7-20)26(19(28)25-15)11-17(27)24-13(2)16-10-22-14(8-21)9-23-16/h3-5,9-10,13H,6-7,11H2,1-2H3,(H,24,27)(H,25,28)/t13-/m0/s1. The van der Waals surface area contributed by atoms with E-state index in [0.717, 1.165) is 29.7 Å². The molecule has 28 heavy (non-hydrogen) atoms. The highest BCUT2D eigenvalue weighted by atomic mass is 16.2. The number of aryl methyl sites for hydroxylation is 1. The van der Waals surface area contributed by atoms with Crippen LogP contribution in [0.1, 0.15) is 48.3 Å². The number of nitriles is 1. The Balaban J connectivity index is 1.49. The second kappa shape index (κ2) is 6.60. The quantitative estimate of drug-likeness (QED) is 0.851. The molecule has 4 rings (SSSR count). The van der Waals surface area contributed by atoms with Gasteiger partial charge < -0.3 is 15.5 Å². The highest BCUT2D eigenvalue weighted by Gasteiger charge is 2.56. The highest BCUT2D eigenvalue weighted by Crippen LogP contribution is 2.56. The molecular formula is C20H20N6O2. The second-order valence-electron chi connectivity index (χ2n) is 7.27. The van der Waals surface area contributed by atoms with E-state index < -0.39 is 5.54 Å². The molecule has 0 unspecified atom stereocenters. The van der Waals surface area contributed by atoms with Crippen molar-refractivity contribution in [2.45, 2.75) is 38.3 Å².